The molecule has 2 heteroatoms. The first-order chi connectivity index (χ1) is 10.2. The molecule has 0 fully saturated rings. The van der Waals surface area contributed by atoms with Gasteiger partial charge in [-0.3, -0.25) is 0 Å². The van der Waals surface area contributed by atoms with Crippen LogP contribution in [0.5, 0.6) is 0 Å². The first kappa shape index (κ1) is 17.9. The van der Waals surface area contributed by atoms with E-state index in [0.29, 0.717) is 0 Å². The van der Waals surface area contributed by atoms with E-state index >= 15 is 0 Å². The van der Waals surface area contributed by atoms with Crippen molar-refractivity contribution in [2.24, 2.45) is 5.73 Å². The third-order valence-corrected chi connectivity index (χ3v) is 4.02. The molecule has 1 unspecified atom stereocenters. The van der Waals surface area contributed by atoms with Crippen LogP contribution in [0.1, 0.15) is 51.5 Å². The van der Waals surface area contributed by atoms with Crippen LogP contribution in [0.25, 0.3) is 0 Å². The summed E-state index contributed by atoms with van der Waals surface area (Å²) >= 11 is 0. The average Bonchev–Trinajstić information content (AvgIpc) is 2.51. The van der Waals surface area contributed by atoms with E-state index in [1.165, 1.54) is 31.2 Å². The zero-order chi connectivity index (χ0) is 15.6. The molecular formula is C19H32N2. The SMILES string of the molecule is C=CCC(N)(CN(CCCC)CCCC)c1ccccc1. The Kier molecular flexibility index (Phi) is 8.33. The summed E-state index contributed by atoms with van der Waals surface area (Å²) in [6.07, 6.45) is 7.70. The standard InChI is InChI=1S/C19H32N2/c1-4-7-15-21(16-8-5-2)17-19(20,14-6-3)18-12-10-9-11-13-18/h6,9-13H,3-5,7-8,14-17,20H2,1-2H3. The molecule has 0 heterocycles. The zero-order valence-corrected chi connectivity index (χ0v) is 13.9. The number of benzene rings is 1. The Morgan fingerprint density at radius 1 is 1.10 bits per heavy atom. The molecule has 0 amide bonds. The maximum atomic E-state index is 6.76. The van der Waals surface area contributed by atoms with E-state index in [2.05, 4.69) is 49.6 Å². The quantitative estimate of drug-likeness (QED) is 0.614. The smallest absolute Gasteiger partial charge is 0.0573 e. The van der Waals surface area contributed by atoms with Gasteiger partial charge in [-0.1, -0.05) is 63.1 Å². The van der Waals surface area contributed by atoms with E-state index in [9.17, 15) is 0 Å². The summed E-state index contributed by atoms with van der Waals surface area (Å²) in [7, 11) is 0. The third-order valence-electron chi connectivity index (χ3n) is 4.02. The normalized spacial score (nSPS) is 14.1. The summed E-state index contributed by atoms with van der Waals surface area (Å²) in [5.74, 6) is 0. The molecule has 0 radical (unpaired) electrons. The van der Waals surface area contributed by atoms with Crippen molar-refractivity contribution in [3.63, 3.8) is 0 Å². The van der Waals surface area contributed by atoms with Crippen molar-refractivity contribution in [2.45, 2.75) is 51.5 Å². The molecule has 0 spiro atoms. The van der Waals surface area contributed by atoms with Crippen LogP contribution in [0.4, 0.5) is 0 Å². The first-order valence-corrected chi connectivity index (χ1v) is 8.34. The molecule has 2 nitrogen and oxygen atoms in total. The maximum Gasteiger partial charge on any atom is 0.0573 e. The number of hydrogen-bond acceptors (Lipinski definition) is 2. The zero-order valence-electron chi connectivity index (χ0n) is 13.9. The molecule has 0 aliphatic heterocycles. The molecule has 2 N–H and O–H groups in total. The molecule has 1 atom stereocenters. The van der Waals surface area contributed by atoms with Crippen LogP contribution >= 0.6 is 0 Å². The molecule has 0 aromatic heterocycles. The van der Waals surface area contributed by atoms with Gasteiger partial charge in [0.15, 0.2) is 0 Å². The Hall–Kier alpha value is -1.12. The van der Waals surface area contributed by atoms with Crippen molar-refractivity contribution < 1.29 is 0 Å². The van der Waals surface area contributed by atoms with Crippen LogP contribution in [0.2, 0.25) is 0 Å². The lowest BCUT2D eigenvalue weighted by Crippen LogP contribution is -2.48. The summed E-state index contributed by atoms with van der Waals surface area (Å²) in [5, 5.41) is 0. The second-order valence-electron chi connectivity index (χ2n) is 6.00. The Morgan fingerprint density at radius 3 is 2.14 bits per heavy atom. The van der Waals surface area contributed by atoms with Crippen molar-refractivity contribution in [1.29, 1.82) is 0 Å². The Balaban J connectivity index is 2.84. The van der Waals surface area contributed by atoms with E-state index in [1.807, 2.05) is 12.1 Å². The number of unbranched alkanes of at least 4 members (excludes halogenated alkanes) is 2. The van der Waals surface area contributed by atoms with Crippen LogP contribution in [-0.4, -0.2) is 24.5 Å². The van der Waals surface area contributed by atoms with Crippen molar-refractivity contribution in [3.05, 3.63) is 48.6 Å². The summed E-state index contributed by atoms with van der Waals surface area (Å²) in [5.41, 5.74) is 7.64. The van der Waals surface area contributed by atoms with Crippen LogP contribution < -0.4 is 5.73 Å². The summed E-state index contributed by atoms with van der Waals surface area (Å²) in [6.45, 7) is 11.6. The molecule has 1 aromatic rings. The second kappa shape index (κ2) is 9.75. The van der Waals surface area contributed by atoms with Gasteiger partial charge in [-0.15, -0.1) is 6.58 Å². The third kappa shape index (κ3) is 6.03. The second-order valence-corrected chi connectivity index (χ2v) is 6.00. The average molecular weight is 288 g/mol. The molecular weight excluding hydrogens is 256 g/mol. The van der Waals surface area contributed by atoms with Gasteiger partial charge in [0.05, 0.1) is 5.54 Å². The highest BCUT2D eigenvalue weighted by Gasteiger charge is 2.28. The molecule has 118 valence electrons. The van der Waals surface area contributed by atoms with E-state index in [-0.39, 0.29) is 5.54 Å². The van der Waals surface area contributed by atoms with E-state index < -0.39 is 0 Å². The minimum Gasteiger partial charge on any atom is -0.320 e. The van der Waals surface area contributed by atoms with Gasteiger partial charge in [-0.2, -0.15) is 0 Å². The molecule has 0 bridgehead atoms. The van der Waals surface area contributed by atoms with Gasteiger partial charge < -0.3 is 10.6 Å². The highest BCUT2D eigenvalue weighted by atomic mass is 15.1. The van der Waals surface area contributed by atoms with Crippen molar-refractivity contribution >= 4 is 0 Å². The topological polar surface area (TPSA) is 29.3 Å². The van der Waals surface area contributed by atoms with Crippen molar-refractivity contribution in [3.8, 4) is 0 Å². The van der Waals surface area contributed by atoms with Gasteiger partial charge in [0.25, 0.3) is 0 Å². The van der Waals surface area contributed by atoms with Crippen LogP contribution in [0, 0.1) is 0 Å². The van der Waals surface area contributed by atoms with E-state index in [0.717, 1.165) is 26.1 Å². The fourth-order valence-corrected chi connectivity index (χ4v) is 2.73. The predicted octanol–water partition coefficient (Wildman–Crippen LogP) is 4.32. The number of hydrogen-bond donors (Lipinski definition) is 1. The minimum atomic E-state index is -0.329. The lowest BCUT2D eigenvalue weighted by molar-refractivity contribution is 0.202. The predicted molar refractivity (Wildman–Crippen MR) is 93.4 cm³/mol. The molecule has 0 saturated heterocycles. The number of nitrogens with zero attached hydrogens (tertiary/aromatic N) is 1. The largest absolute Gasteiger partial charge is 0.320 e. The number of nitrogens with two attached hydrogens (primary N) is 1. The fourth-order valence-electron chi connectivity index (χ4n) is 2.73. The number of rotatable bonds is 11. The van der Waals surface area contributed by atoms with Gasteiger partial charge in [-0.25, -0.2) is 0 Å². The Morgan fingerprint density at radius 2 is 1.67 bits per heavy atom. The molecule has 21 heavy (non-hydrogen) atoms. The van der Waals surface area contributed by atoms with Crippen molar-refractivity contribution in [1.82, 2.24) is 4.90 Å². The molecule has 1 rings (SSSR count). The van der Waals surface area contributed by atoms with Gasteiger partial charge in [-0.05, 0) is 37.9 Å². The summed E-state index contributed by atoms with van der Waals surface area (Å²) in [4.78, 5) is 2.53. The lowest BCUT2D eigenvalue weighted by Gasteiger charge is -2.35. The molecule has 0 aliphatic carbocycles. The minimum absolute atomic E-state index is 0.329. The Labute approximate surface area is 131 Å². The lowest BCUT2D eigenvalue weighted by atomic mass is 9.87. The molecule has 1 aromatic carbocycles. The summed E-state index contributed by atoms with van der Waals surface area (Å²) in [6, 6.07) is 10.5. The van der Waals surface area contributed by atoms with Gasteiger partial charge >= 0.3 is 0 Å². The first-order valence-electron chi connectivity index (χ1n) is 8.34. The highest BCUT2D eigenvalue weighted by molar-refractivity contribution is 5.25. The highest BCUT2D eigenvalue weighted by Crippen LogP contribution is 2.24. The van der Waals surface area contributed by atoms with Crippen molar-refractivity contribution in [2.75, 3.05) is 19.6 Å². The van der Waals surface area contributed by atoms with Gasteiger partial charge in [0, 0.05) is 6.54 Å². The Bertz CT molecular complexity index is 380. The van der Waals surface area contributed by atoms with Gasteiger partial charge in [0.2, 0.25) is 0 Å². The van der Waals surface area contributed by atoms with Crippen LogP contribution in [-0.2, 0) is 5.54 Å². The maximum absolute atomic E-state index is 6.76. The fraction of sp³-hybridized carbons (Fsp3) is 0.579. The van der Waals surface area contributed by atoms with Crippen LogP contribution in [0.3, 0.4) is 0 Å². The molecule has 0 aliphatic rings. The van der Waals surface area contributed by atoms with Crippen LogP contribution in [0.15, 0.2) is 43.0 Å². The monoisotopic (exact) mass is 288 g/mol. The molecule has 0 saturated carbocycles. The van der Waals surface area contributed by atoms with E-state index in [4.69, 9.17) is 5.73 Å². The van der Waals surface area contributed by atoms with E-state index in [1.54, 1.807) is 0 Å². The van der Waals surface area contributed by atoms with Gasteiger partial charge in [0.1, 0.15) is 0 Å². The summed E-state index contributed by atoms with van der Waals surface area (Å²) < 4.78 is 0.